The molecule has 0 atom stereocenters. The number of carbonyl (C=O) groups excluding carboxylic acids is 1. The van der Waals surface area contributed by atoms with Gasteiger partial charge >= 0.3 is 0 Å². The van der Waals surface area contributed by atoms with Crippen LogP contribution in [0.3, 0.4) is 0 Å². The molecule has 0 aromatic heterocycles. The predicted octanol–water partition coefficient (Wildman–Crippen LogP) is 1.62. The van der Waals surface area contributed by atoms with E-state index < -0.39 is 0 Å². The molecule has 3 N–H and O–H groups in total. The number of nitrogen functional groups attached to an aromatic ring is 1. The predicted molar refractivity (Wildman–Crippen MR) is 69.6 cm³/mol. The van der Waals surface area contributed by atoms with Gasteiger partial charge in [-0.1, -0.05) is 23.2 Å². The molecular weight excluding hydrogens is 261 g/mol. The highest BCUT2D eigenvalue weighted by molar-refractivity contribution is 6.39. The summed E-state index contributed by atoms with van der Waals surface area (Å²) in [7, 11) is 0. The number of rotatable bonds is 1. The van der Waals surface area contributed by atoms with Crippen LogP contribution in [-0.2, 0) is 0 Å². The van der Waals surface area contributed by atoms with Gasteiger partial charge in [0.25, 0.3) is 5.91 Å². The Balaban J connectivity index is 2.24. The van der Waals surface area contributed by atoms with E-state index in [1.54, 1.807) is 17.0 Å². The Bertz CT molecular complexity index is 421. The summed E-state index contributed by atoms with van der Waals surface area (Å²) in [6.07, 6.45) is 0. The average molecular weight is 274 g/mol. The number of hydrogen-bond acceptors (Lipinski definition) is 3. The van der Waals surface area contributed by atoms with Crippen molar-refractivity contribution in [2.45, 2.75) is 0 Å². The van der Waals surface area contributed by atoms with E-state index in [4.69, 9.17) is 28.9 Å². The molecule has 1 aromatic carbocycles. The molecular formula is C11H13Cl2N3O. The summed E-state index contributed by atoms with van der Waals surface area (Å²) in [5.41, 5.74) is 6.42. The first-order chi connectivity index (χ1) is 8.09. The van der Waals surface area contributed by atoms with Crippen LogP contribution >= 0.6 is 23.2 Å². The second kappa shape index (κ2) is 5.12. The van der Waals surface area contributed by atoms with Gasteiger partial charge in [-0.3, -0.25) is 4.79 Å². The van der Waals surface area contributed by atoms with Gasteiger partial charge < -0.3 is 16.0 Å². The van der Waals surface area contributed by atoms with Gasteiger partial charge in [0.05, 0.1) is 15.7 Å². The average Bonchev–Trinajstić information content (AvgIpc) is 2.35. The number of hydrogen-bond donors (Lipinski definition) is 2. The van der Waals surface area contributed by atoms with Crippen molar-refractivity contribution in [3.8, 4) is 0 Å². The fourth-order valence-corrected chi connectivity index (χ4v) is 2.25. The number of nitrogens with zero attached hydrogens (tertiary/aromatic N) is 1. The maximum Gasteiger partial charge on any atom is 0.254 e. The van der Waals surface area contributed by atoms with Crippen molar-refractivity contribution >= 4 is 34.8 Å². The van der Waals surface area contributed by atoms with Gasteiger partial charge in [0.2, 0.25) is 0 Å². The Morgan fingerprint density at radius 2 is 1.76 bits per heavy atom. The molecule has 1 heterocycles. The first kappa shape index (κ1) is 12.5. The Labute approximate surface area is 110 Å². The Kier molecular flexibility index (Phi) is 3.76. The van der Waals surface area contributed by atoms with Gasteiger partial charge in [-0.05, 0) is 12.1 Å². The highest BCUT2D eigenvalue weighted by Gasteiger charge is 2.19. The van der Waals surface area contributed by atoms with Crippen LogP contribution in [0.15, 0.2) is 12.1 Å². The first-order valence-corrected chi connectivity index (χ1v) is 6.09. The molecule has 1 aromatic rings. The van der Waals surface area contributed by atoms with Crippen molar-refractivity contribution < 1.29 is 4.79 Å². The van der Waals surface area contributed by atoms with Gasteiger partial charge in [0.1, 0.15) is 0 Å². The topological polar surface area (TPSA) is 58.4 Å². The summed E-state index contributed by atoms with van der Waals surface area (Å²) >= 11 is 11.8. The fraction of sp³-hybridized carbons (Fsp3) is 0.364. The zero-order valence-corrected chi connectivity index (χ0v) is 10.7. The quantitative estimate of drug-likeness (QED) is 0.765. The fourth-order valence-electron chi connectivity index (χ4n) is 1.76. The van der Waals surface area contributed by atoms with E-state index in [0.29, 0.717) is 34.4 Å². The molecule has 0 spiro atoms. The lowest BCUT2D eigenvalue weighted by atomic mass is 10.1. The molecule has 1 saturated heterocycles. The number of piperazine rings is 1. The highest BCUT2D eigenvalue weighted by atomic mass is 35.5. The molecule has 0 unspecified atom stereocenters. The number of nitrogens with two attached hydrogens (primary N) is 1. The van der Waals surface area contributed by atoms with Crippen LogP contribution in [0.5, 0.6) is 0 Å². The molecule has 0 aliphatic carbocycles. The third-order valence-corrected chi connectivity index (χ3v) is 3.36. The van der Waals surface area contributed by atoms with Gasteiger partial charge in [-0.2, -0.15) is 0 Å². The third-order valence-electron chi connectivity index (χ3n) is 2.73. The molecule has 4 nitrogen and oxygen atoms in total. The van der Waals surface area contributed by atoms with E-state index >= 15 is 0 Å². The standard InChI is InChI=1S/C11H13Cl2N3O/c12-8-5-7(6-9(13)10(8)14)11(17)16-3-1-15-2-4-16/h5-6,15H,1-4,14H2. The second-order valence-electron chi connectivity index (χ2n) is 3.90. The molecule has 1 aliphatic rings. The van der Waals surface area contributed by atoms with Crippen molar-refractivity contribution in [3.05, 3.63) is 27.7 Å². The Morgan fingerprint density at radius 1 is 1.24 bits per heavy atom. The van der Waals surface area contributed by atoms with E-state index in [-0.39, 0.29) is 5.91 Å². The molecule has 2 rings (SSSR count). The normalized spacial score (nSPS) is 16.0. The first-order valence-electron chi connectivity index (χ1n) is 5.34. The van der Waals surface area contributed by atoms with Crippen molar-refractivity contribution in [2.75, 3.05) is 31.9 Å². The minimum Gasteiger partial charge on any atom is -0.396 e. The summed E-state index contributed by atoms with van der Waals surface area (Å²) < 4.78 is 0. The summed E-state index contributed by atoms with van der Waals surface area (Å²) in [5.74, 6) is -0.0599. The molecule has 1 aliphatic heterocycles. The minimum atomic E-state index is -0.0599. The summed E-state index contributed by atoms with van der Waals surface area (Å²) in [6, 6.07) is 3.13. The van der Waals surface area contributed by atoms with Crippen molar-refractivity contribution in [1.29, 1.82) is 0 Å². The lowest BCUT2D eigenvalue weighted by Gasteiger charge is -2.27. The largest absolute Gasteiger partial charge is 0.396 e. The molecule has 0 saturated carbocycles. The maximum absolute atomic E-state index is 12.2. The highest BCUT2D eigenvalue weighted by Crippen LogP contribution is 2.29. The Hall–Kier alpha value is -0.970. The van der Waals surface area contributed by atoms with Crippen LogP contribution in [0.25, 0.3) is 0 Å². The number of amides is 1. The van der Waals surface area contributed by atoms with Crippen molar-refractivity contribution in [1.82, 2.24) is 10.2 Å². The monoisotopic (exact) mass is 273 g/mol. The smallest absolute Gasteiger partial charge is 0.254 e. The second-order valence-corrected chi connectivity index (χ2v) is 4.71. The number of nitrogens with one attached hydrogen (secondary N) is 1. The maximum atomic E-state index is 12.2. The van der Waals surface area contributed by atoms with E-state index in [1.165, 1.54) is 0 Å². The molecule has 1 fully saturated rings. The van der Waals surface area contributed by atoms with E-state index in [9.17, 15) is 4.79 Å². The van der Waals surface area contributed by atoms with Crippen LogP contribution in [0.2, 0.25) is 10.0 Å². The van der Waals surface area contributed by atoms with Crippen LogP contribution in [0.1, 0.15) is 10.4 Å². The summed E-state index contributed by atoms with van der Waals surface area (Å²) in [4.78, 5) is 13.9. The summed E-state index contributed by atoms with van der Waals surface area (Å²) in [5, 5.41) is 3.82. The zero-order valence-electron chi connectivity index (χ0n) is 9.17. The number of carbonyl (C=O) groups is 1. The van der Waals surface area contributed by atoms with Gasteiger partial charge in [-0.15, -0.1) is 0 Å². The third kappa shape index (κ3) is 2.65. The summed E-state index contributed by atoms with van der Waals surface area (Å²) in [6.45, 7) is 3.00. The minimum absolute atomic E-state index is 0.0599. The lowest BCUT2D eigenvalue weighted by Crippen LogP contribution is -2.46. The SMILES string of the molecule is Nc1c(Cl)cc(C(=O)N2CCNCC2)cc1Cl. The van der Waals surface area contributed by atoms with Crippen LogP contribution in [-0.4, -0.2) is 37.0 Å². The molecule has 1 amide bonds. The van der Waals surface area contributed by atoms with E-state index in [0.717, 1.165) is 13.1 Å². The number of halogens is 2. The van der Waals surface area contributed by atoms with Crippen LogP contribution in [0.4, 0.5) is 5.69 Å². The van der Waals surface area contributed by atoms with Gasteiger partial charge in [0, 0.05) is 31.7 Å². The van der Waals surface area contributed by atoms with Gasteiger partial charge in [0.15, 0.2) is 0 Å². The van der Waals surface area contributed by atoms with Crippen LogP contribution in [0, 0.1) is 0 Å². The van der Waals surface area contributed by atoms with E-state index in [1.807, 2.05) is 0 Å². The number of anilines is 1. The number of benzene rings is 1. The van der Waals surface area contributed by atoms with Crippen molar-refractivity contribution in [3.63, 3.8) is 0 Å². The molecule has 0 bridgehead atoms. The van der Waals surface area contributed by atoms with Crippen molar-refractivity contribution in [2.24, 2.45) is 0 Å². The van der Waals surface area contributed by atoms with Crippen LogP contribution < -0.4 is 11.1 Å². The molecule has 0 radical (unpaired) electrons. The van der Waals surface area contributed by atoms with Gasteiger partial charge in [-0.25, -0.2) is 0 Å². The zero-order chi connectivity index (χ0) is 12.4. The molecule has 6 heteroatoms. The van der Waals surface area contributed by atoms with E-state index in [2.05, 4.69) is 5.32 Å². The lowest BCUT2D eigenvalue weighted by molar-refractivity contribution is 0.0736. The Morgan fingerprint density at radius 3 is 2.29 bits per heavy atom. The molecule has 17 heavy (non-hydrogen) atoms. The molecule has 92 valence electrons.